The summed E-state index contributed by atoms with van der Waals surface area (Å²) in [5.41, 5.74) is 0. The Morgan fingerprint density at radius 2 is 0.804 bits per heavy atom. The van der Waals surface area contributed by atoms with Crippen molar-refractivity contribution in [3.63, 3.8) is 0 Å². The van der Waals surface area contributed by atoms with Gasteiger partial charge in [-0.05, 0) is 70.6 Å². The summed E-state index contributed by atoms with van der Waals surface area (Å²) in [5, 5.41) is 23.0. The van der Waals surface area contributed by atoms with Crippen molar-refractivity contribution in [1.82, 2.24) is 5.32 Å². The van der Waals surface area contributed by atoms with E-state index in [1.54, 1.807) is 6.08 Å². The van der Waals surface area contributed by atoms with Gasteiger partial charge in [0.15, 0.2) is 0 Å². The zero-order valence-electron chi connectivity index (χ0n) is 37.1. The van der Waals surface area contributed by atoms with Crippen LogP contribution < -0.4 is 5.32 Å². The van der Waals surface area contributed by atoms with Crippen LogP contribution in [0.4, 0.5) is 0 Å². The number of hydrogen-bond acceptors (Lipinski definition) is 3. The molecule has 56 heavy (non-hydrogen) atoms. The van der Waals surface area contributed by atoms with Crippen LogP contribution in [-0.4, -0.2) is 34.9 Å². The minimum Gasteiger partial charge on any atom is -0.394 e. The molecule has 0 aromatic heterocycles. The van der Waals surface area contributed by atoms with E-state index in [-0.39, 0.29) is 12.5 Å². The standard InChI is InChI=1S/C52H93NO3/c1-3-5-7-9-11-13-15-17-18-19-20-21-22-23-24-25-26-27-28-29-30-31-32-33-34-36-38-40-42-44-46-48-52(56)53-50(49-54)51(55)47-45-43-41-39-37-35-16-14-12-10-8-6-4-2/h5,7,11,13,17-18,20-21,37,39,45,47,50-51,54-55H,3-4,6,8-10,12,14-16,19,22-36,38,40-44,46,48-49H2,1-2H3,(H,53,56)/b7-5-,13-11-,18-17-,21-20-,39-37+,47-45+. The maximum absolute atomic E-state index is 12.4. The lowest BCUT2D eigenvalue weighted by Gasteiger charge is -2.19. The lowest BCUT2D eigenvalue weighted by molar-refractivity contribution is -0.123. The number of aliphatic hydroxyl groups is 2. The van der Waals surface area contributed by atoms with Crippen LogP contribution in [0.15, 0.2) is 72.9 Å². The highest BCUT2D eigenvalue weighted by Gasteiger charge is 2.17. The molecule has 0 aliphatic heterocycles. The number of hydrogen-bond donors (Lipinski definition) is 3. The van der Waals surface area contributed by atoms with Crippen LogP contribution in [-0.2, 0) is 4.79 Å². The van der Waals surface area contributed by atoms with Gasteiger partial charge in [-0.2, -0.15) is 0 Å². The van der Waals surface area contributed by atoms with E-state index in [4.69, 9.17) is 0 Å². The van der Waals surface area contributed by atoms with E-state index in [0.717, 1.165) is 57.8 Å². The lowest BCUT2D eigenvalue weighted by atomic mass is 10.0. The van der Waals surface area contributed by atoms with Gasteiger partial charge in [-0.15, -0.1) is 0 Å². The van der Waals surface area contributed by atoms with Gasteiger partial charge in [0.2, 0.25) is 5.91 Å². The molecule has 0 bridgehead atoms. The molecule has 0 aliphatic rings. The van der Waals surface area contributed by atoms with E-state index < -0.39 is 12.1 Å². The highest BCUT2D eigenvalue weighted by atomic mass is 16.3. The number of rotatable bonds is 43. The van der Waals surface area contributed by atoms with Crippen LogP contribution in [0.25, 0.3) is 0 Å². The molecule has 0 rings (SSSR count). The van der Waals surface area contributed by atoms with E-state index in [2.05, 4.69) is 79.9 Å². The molecule has 0 fully saturated rings. The second-order valence-corrected chi connectivity index (χ2v) is 16.1. The Hall–Kier alpha value is -2.17. The molecule has 0 aliphatic carbocycles. The fraction of sp³-hybridized carbons (Fsp3) is 0.750. The molecule has 0 aromatic carbocycles. The molecule has 0 saturated heterocycles. The Bertz CT molecular complexity index is 977. The van der Waals surface area contributed by atoms with Crippen molar-refractivity contribution >= 4 is 5.91 Å². The van der Waals surface area contributed by atoms with Crippen LogP contribution in [0, 0.1) is 0 Å². The molecule has 0 radical (unpaired) electrons. The highest BCUT2D eigenvalue weighted by Crippen LogP contribution is 2.15. The number of amides is 1. The van der Waals surface area contributed by atoms with E-state index in [1.165, 1.54) is 154 Å². The molecular formula is C52H93NO3. The van der Waals surface area contributed by atoms with Gasteiger partial charge in [0, 0.05) is 6.42 Å². The van der Waals surface area contributed by atoms with Gasteiger partial charge < -0.3 is 15.5 Å². The lowest BCUT2D eigenvalue weighted by Crippen LogP contribution is -2.45. The molecule has 1 amide bonds. The third-order valence-corrected chi connectivity index (χ3v) is 10.7. The predicted octanol–water partition coefficient (Wildman–Crippen LogP) is 15.5. The van der Waals surface area contributed by atoms with E-state index in [9.17, 15) is 15.0 Å². The van der Waals surface area contributed by atoms with Crippen molar-refractivity contribution in [2.24, 2.45) is 0 Å². The van der Waals surface area contributed by atoms with Crippen molar-refractivity contribution in [1.29, 1.82) is 0 Å². The Kier molecular flexibility index (Phi) is 45.4. The number of nitrogens with one attached hydrogen (secondary N) is 1. The molecule has 4 nitrogen and oxygen atoms in total. The summed E-state index contributed by atoms with van der Waals surface area (Å²) in [5.74, 6) is -0.0750. The minimum absolute atomic E-state index is 0.0750. The van der Waals surface area contributed by atoms with Crippen LogP contribution in [0.2, 0.25) is 0 Å². The number of allylic oxidation sites excluding steroid dienone is 11. The number of carbonyl (C=O) groups is 1. The average molecular weight is 780 g/mol. The molecule has 324 valence electrons. The largest absolute Gasteiger partial charge is 0.394 e. The van der Waals surface area contributed by atoms with Gasteiger partial charge in [0.25, 0.3) is 0 Å². The van der Waals surface area contributed by atoms with Crippen molar-refractivity contribution < 1.29 is 15.0 Å². The quantitative estimate of drug-likeness (QED) is 0.0426. The third-order valence-electron chi connectivity index (χ3n) is 10.7. The molecule has 0 aromatic rings. The number of aliphatic hydroxyl groups excluding tert-OH is 2. The first kappa shape index (κ1) is 53.8. The summed E-state index contributed by atoms with van der Waals surface area (Å²) in [6, 6.07) is -0.639. The number of carbonyl (C=O) groups excluding carboxylic acids is 1. The average Bonchev–Trinajstić information content (AvgIpc) is 3.20. The van der Waals surface area contributed by atoms with Crippen LogP contribution >= 0.6 is 0 Å². The molecule has 0 spiro atoms. The predicted molar refractivity (Wildman–Crippen MR) is 248 cm³/mol. The smallest absolute Gasteiger partial charge is 0.220 e. The first-order chi connectivity index (χ1) is 27.7. The van der Waals surface area contributed by atoms with Crippen LogP contribution in [0.5, 0.6) is 0 Å². The maximum atomic E-state index is 12.4. The summed E-state index contributed by atoms with van der Waals surface area (Å²) >= 11 is 0. The van der Waals surface area contributed by atoms with Crippen LogP contribution in [0.1, 0.15) is 232 Å². The summed E-state index contributed by atoms with van der Waals surface area (Å²) < 4.78 is 0. The molecule has 2 unspecified atom stereocenters. The van der Waals surface area contributed by atoms with Gasteiger partial charge in [0.1, 0.15) is 0 Å². The first-order valence-electron chi connectivity index (χ1n) is 24.2. The highest BCUT2D eigenvalue weighted by molar-refractivity contribution is 5.76. The van der Waals surface area contributed by atoms with E-state index in [1.807, 2.05) is 6.08 Å². The third kappa shape index (κ3) is 43.0. The Labute approximate surface area is 349 Å². The van der Waals surface area contributed by atoms with Gasteiger partial charge in [-0.25, -0.2) is 0 Å². The van der Waals surface area contributed by atoms with Crippen molar-refractivity contribution in [3.8, 4) is 0 Å². The second-order valence-electron chi connectivity index (χ2n) is 16.1. The second kappa shape index (κ2) is 47.2. The van der Waals surface area contributed by atoms with Gasteiger partial charge >= 0.3 is 0 Å². The fourth-order valence-electron chi connectivity index (χ4n) is 7.01. The summed E-state index contributed by atoms with van der Waals surface area (Å²) in [7, 11) is 0. The first-order valence-corrected chi connectivity index (χ1v) is 24.2. The zero-order chi connectivity index (χ0) is 40.7. The zero-order valence-corrected chi connectivity index (χ0v) is 37.1. The molecule has 2 atom stereocenters. The Morgan fingerprint density at radius 1 is 0.446 bits per heavy atom. The molecule has 0 heterocycles. The molecule has 4 heteroatoms. The SMILES string of the molecule is CC/C=C\C/C=C\C/C=C\C/C=C\CCCCCCCCCCCCCCCCCCCCC(=O)NC(CO)C(O)/C=C/CC/C=C/CCCCCCCCC. The topological polar surface area (TPSA) is 69.6 Å². The number of unbranched alkanes of at least 4 members (excludes halogenated alkanes) is 26. The van der Waals surface area contributed by atoms with Crippen molar-refractivity contribution in [2.45, 2.75) is 244 Å². The molecule has 3 N–H and O–H groups in total. The van der Waals surface area contributed by atoms with Crippen molar-refractivity contribution in [2.75, 3.05) is 6.61 Å². The summed E-state index contributed by atoms with van der Waals surface area (Å²) in [6.07, 6.45) is 67.5. The monoisotopic (exact) mass is 780 g/mol. The van der Waals surface area contributed by atoms with Gasteiger partial charge in [-0.1, -0.05) is 228 Å². The Morgan fingerprint density at radius 3 is 1.25 bits per heavy atom. The van der Waals surface area contributed by atoms with E-state index >= 15 is 0 Å². The Balaban J connectivity index is 3.50. The normalized spacial score (nSPS) is 13.6. The van der Waals surface area contributed by atoms with Gasteiger partial charge in [-0.3, -0.25) is 4.79 Å². The van der Waals surface area contributed by atoms with Crippen molar-refractivity contribution in [3.05, 3.63) is 72.9 Å². The van der Waals surface area contributed by atoms with Gasteiger partial charge in [0.05, 0.1) is 18.8 Å². The van der Waals surface area contributed by atoms with E-state index in [0.29, 0.717) is 6.42 Å². The maximum Gasteiger partial charge on any atom is 0.220 e. The molecular weight excluding hydrogens is 687 g/mol. The fourth-order valence-corrected chi connectivity index (χ4v) is 7.01. The van der Waals surface area contributed by atoms with Crippen LogP contribution in [0.3, 0.4) is 0 Å². The summed E-state index contributed by atoms with van der Waals surface area (Å²) in [6.45, 7) is 4.17. The summed E-state index contributed by atoms with van der Waals surface area (Å²) in [4.78, 5) is 12.4. The molecule has 0 saturated carbocycles. The minimum atomic E-state index is -0.862.